The number of methoxy groups -OCH3 is 1. The Morgan fingerprint density at radius 3 is 2.30 bits per heavy atom. The molecule has 44 heavy (non-hydrogen) atoms. The van der Waals surface area contributed by atoms with Crippen molar-refractivity contribution >= 4 is 17.7 Å². The third-order valence-electron chi connectivity index (χ3n) is 15.2. The van der Waals surface area contributed by atoms with Crippen LogP contribution in [0.15, 0.2) is 11.6 Å². The Labute approximate surface area is 266 Å². The lowest BCUT2D eigenvalue weighted by atomic mass is 9.33. The standard InChI is InChI=1S/C38H60N2O4/c1-33(2)15-17-38(32(43)44-8)18-16-36(6)26(27(38)24-33)11-12-29-35(5)23-25(31(42)39-19-22-40-20-9-10-21-40)30(41)34(3,4)28(35)13-14-37(29,36)7/h11,25,27-29H,9-10,12-24H2,1-8H3,(H,39,42). The topological polar surface area (TPSA) is 75.7 Å². The van der Waals surface area contributed by atoms with Crippen LogP contribution in [0.5, 0.6) is 0 Å². The van der Waals surface area contributed by atoms with Crippen LogP contribution in [0.2, 0.25) is 0 Å². The summed E-state index contributed by atoms with van der Waals surface area (Å²) in [6.45, 7) is 20.2. The number of Topliss-reactive ketones (excluding diaryl/α,β-unsaturated/α-hetero) is 1. The Hall–Kier alpha value is -1.69. The highest BCUT2D eigenvalue weighted by Gasteiger charge is 2.70. The largest absolute Gasteiger partial charge is 0.469 e. The molecule has 0 aromatic carbocycles. The summed E-state index contributed by atoms with van der Waals surface area (Å²) in [5, 5.41) is 3.20. The second-order valence-electron chi connectivity index (χ2n) is 18.0. The minimum Gasteiger partial charge on any atom is -0.469 e. The van der Waals surface area contributed by atoms with E-state index in [1.54, 1.807) is 7.11 Å². The van der Waals surface area contributed by atoms with Gasteiger partial charge in [-0.25, -0.2) is 0 Å². The van der Waals surface area contributed by atoms with Gasteiger partial charge < -0.3 is 15.0 Å². The summed E-state index contributed by atoms with van der Waals surface area (Å²) < 4.78 is 5.53. The monoisotopic (exact) mass is 608 g/mol. The van der Waals surface area contributed by atoms with Gasteiger partial charge in [-0.3, -0.25) is 14.4 Å². The van der Waals surface area contributed by atoms with Crippen molar-refractivity contribution in [3.63, 3.8) is 0 Å². The number of hydrogen-bond donors (Lipinski definition) is 1. The second kappa shape index (κ2) is 10.7. The molecule has 5 fully saturated rings. The van der Waals surface area contributed by atoms with E-state index in [0.717, 1.165) is 71.0 Å². The van der Waals surface area contributed by atoms with Crippen LogP contribution in [-0.4, -0.2) is 55.8 Å². The number of esters is 1. The van der Waals surface area contributed by atoms with Crippen LogP contribution in [-0.2, 0) is 19.1 Å². The van der Waals surface area contributed by atoms with E-state index in [0.29, 0.717) is 18.9 Å². The van der Waals surface area contributed by atoms with Crippen LogP contribution in [0.3, 0.4) is 0 Å². The molecule has 1 amide bonds. The summed E-state index contributed by atoms with van der Waals surface area (Å²) in [4.78, 5) is 43.8. The predicted molar refractivity (Wildman–Crippen MR) is 174 cm³/mol. The number of carbonyl (C=O) groups is 3. The molecule has 0 spiro atoms. The van der Waals surface area contributed by atoms with Gasteiger partial charge in [0.1, 0.15) is 0 Å². The van der Waals surface area contributed by atoms with Crippen LogP contribution in [0.4, 0.5) is 0 Å². The fourth-order valence-electron chi connectivity index (χ4n) is 12.5. The van der Waals surface area contributed by atoms with E-state index in [4.69, 9.17) is 4.74 Å². The first-order valence-corrected chi connectivity index (χ1v) is 17.9. The Kier molecular flexibility index (Phi) is 7.82. The maximum atomic E-state index is 14.1. The maximum Gasteiger partial charge on any atom is 0.312 e. The van der Waals surface area contributed by atoms with Crippen molar-refractivity contribution in [3.8, 4) is 0 Å². The lowest BCUT2D eigenvalue weighted by Crippen LogP contribution is -2.66. The molecule has 6 rings (SSSR count). The van der Waals surface area contributed by atoms with E-state index in [-0.39, 0.29) is 51.2 Å². The molecular weight excluding hydrogens is 548 g/mol. The number of carbonyl (C=O) groups excluding carboxylic acids is 3. The van der Waals surface area contributed by atoms with Crippen molar-refractivity contribution < 1.29 is 19.1 Å². The first kappa shape index (κ1) is 32.3. The zero-order chi connectivity index (χ0) is 31.9. The number of nitrogens with zero attached hydrogens (tertiary/aromatic N) is 1. The number of hydrogen-bond acceptors (Lipinski definition) is 5. The molecule has 0 radical (unpaired) electrons. The Morgan fingerprint density at radius 2 is 1.61 bits per heavy atom. The van der Waals surface area contributed by atoms with Gasteiger partial charge in [0.25, 0.3) is 0 Å². The molecular formula is C38H60N2O4. The number of amides is 1. The first-order valence-electron chi connectivity index (χ1n) is 17.9. The van der Waals surface area contributed by atoms with E-state index in [1.165, 1.54) is 18.4 Å². The second-order valence-corrected chi connectivity index (χ2v) is 18.0. The fraction of sp³-hybridized carbons (Fsp3) is 0.868. The lowest BCUT2D eigenvalue weighted by Gasteiger charge is -2.71. The normalized spacial score (nSPS) is 44.4. The molecule has 6 aliphatic rings. The number of nitrogens with one attached hydrogen (secondary N) is 1. The molecule has 6 heteroatoms. The molecule has 1 heterocycles. The van der Waals surface area contributed by atoms with Gasteiger partial charge in [0.15, 0.2) is 5.78 Å². The van der Waals surface area contributed by atoms with Crippen LogP contribution >= 0.6 is 0 Å². The van der Waals surface area contributed by atoms with Crippen molar-refractivity contribution in [1.29, 1.82) is 0 Å². The smallest absolute Gasteiger partial charge is 0.312 e. The number of ether oxygens (including phenoxy) is 1. The zero-order valence-corrected chi connectivity index (χ0v) is 29.1. The lowest BCUT2D eigenvalue weighted by molar-refractivity contribution is -0.196. The predicted octanol–water partition coefficient (Wildman–Crippen LogP) is 6.97. The number of likely N-dealkylation sites (tertiary alicyclic amines) is 1. The number of fused-ring (bicyclic) bond motifs is 7. The van der Waals surface area contributed by atoms with E-state index >= 15 is 0 Å². The third-order valence-corrected chi connectivity index (χ3v) is 15.2. The molecule has 0 aromatic rings. The maximum absolute atomic E-state index is 14.1. The van der Waals surface area contributed by atoms with Crippen molar-refractivity contribution in [2.45, 2.75) is 119 Å². The van der Waals surface area contributed by atoms with Crippen molar-refractivity contribution in [1.82, 2.24) is 10.2 Å². The van der Waals surface area contributed by atoms with Crippen LogP contribution in [0.25, 0.3) is 0 Å². The zero-order valence-electron chi connectivity index (χ0n) is 29.1. The van der Waals surface area contributed by atoms with E-state index in [1.807, 2.05) is 0 Å². The molecule has 4 saturated carbocycles. The van der Waals surface area contributed by atoms with Crippen molar-refractivity contribution in [3.05, 3.63) is 11.6 Å². The van der Waals surface area contributed by atoms with Gasteiger partial charge in [0.05, 0.1) is 18.4 Å². The van der Waals surface area contributed by atoms with Gasteiger partial charge in [-0.2, -0.15) is 0 Å². The molecule has 8 atom stereocenters. The average Bonchev–Trinajstić information content (AvgIpc) is 3.48. The van der Waals surface area contributed by atoms with Gasteiger partial charge >= 0.3 is 5.97 Å². The fourth-order valence-corrected chi connectivity index (χ4v) is 12.5. The van der Waals surface area contributed by atoms with Crippen LogP contribution < -0.4 is 5.32 Å². The molecule has 246 valence electrons. The molecule has 0 aromatic heterocycles. The quantitative estimate of drug-likeness (QED) is 0.207. The van der Waals surface area contributed by atoms with Crippen LogP contribution in [0, 0.1) is 56.2 Å². The van der Waals surface area contributed by atoms with Crippen LogP contribution in [0.1, 0.15) is 119 Å². The molecule has 8 unspecified atom stereocenters. The van der Waals surface area contributed by atoms with Gasteiger partial charge in [-0.05, 0) is 123 Å². The molecule has 1 aliphatic heterocycles. The number of rotatable bonds is 5. The van der Waals surface area contributed by atoms with Crippen molar-refractivity contribution in [2.75, 3.05) is 33.3 Å². The number of allylic oxidation sites excluding steroid dienone is 2. The average molecular weight is 609 g/mol. The summed E-state index contributed by atoms with van der Waals surface area (Å²) in [7, 11) is 1.57. The van der Waals surface area contributed by atoms with E-state index in [2.05, 4.69) is 64.8 Å². The SMILES string of the molecule is COC(=O)C12CCC(C)(C)CC1C1=CCC3C4(C)CC(C(=O)NCCN5CCCC5)C(=O)C(C)(C)C4CCC3(C)C1(C)CC2. The van der Waals surface area contributed by atoms with Crippen molar-refractivity contribution in [2.24, 2.45) is 56.2 Å². The summed E-state index contributed by atoms with van der Waals surface area (Å²) >= 11 is 0. The van der Waals surface area contributed by atoms with Gasteiger partial charge in [-0.15, -0.1) is 0 Å². The minimum atomic E-state index is -0.581. The first-order chi connectivity index (χ1) is 20.6. The van der Waals surface area contributed by atoms with E-state index in [9.17, 15) is 14.4 Å². The number of ketones is 1. The highest BCUT2D eigenvalue weighted by molar-refractivity contribution is 6.04. The summed E-state index contributed by atoms with van der Waals surface area (Å²) in [6, 6.07) is 0. The summed E-state index contributed by atoms with van der Waals surface area (Å²) in [5.74, 6) is 0.371. The third kappa shape index (κ3) is 4.53. The van der Waals surface area contributed by atoms with E-state index < -0.39 is 16.7 Å². The highest BCUT2D eigenvalue weighted by Crippen LogP contribution is 2.75. The minimum absolute atomic E-state index is 0.00461. The van der Waals surface area contributed by atoms with Gasteiger partial charge in [0.2, 0.25) is 5.91 Å². The Bertz CT molecular complexity index is 1230. The van der Waals surface area contributed by atoms with Gasteiger partial charge in [-0.1, -0.05) is 60.1 Å². The Morgan fingerprint density at radius 1 is 0.932 bits per heavy atom. The van der Waals surface area contributed by atoms with Gasteiger partial charge in [0, 0.05) is 18.5 Å². The Balaban J connectivity index is 1.33. The highest BCUT2D eigenvalue weighted by atomic mass is 16.5. The molecule has 6 nitrogen and oxygen atoms in total. The summed E-state index contributed by atoms with van der Waals surface area (Å²) in [5.41, 5.74) is 0.692. The molecule has 5 aliphatic carbocycles. The molecule has 1 N–H and O–H groups in total. The molecule has 1 saturated heterocycles. The summed E-state index contributed by atoms with van der Waals surface area (Å²) in [6.07, 6.45) is 13.7. The molecule has 0 bridgehead atoms.